The van der Waals surface area contributed by atoms with Crippen LogP contribution in [0.3, 0.4) is 0 Å². The van der Waals surface area contributed by atoms with E-state index in [1.54, 1.807) is 13.4 Å². The fraction of sp³-hybridized carbons (Fsp3) is 0.529. The number of pyridine rings is 1. The Balaban J connectivity index is 2.85. The Morgan fingerprint density at radius 1 is 1.54 bits per heavy atom. The summed E-state index contributed by atoms with van der Waals surface area (Å²) in [6.07, 6.45) is 3.46. The Kier molecular flexibility index (Phi) is 9.59. The van der Waals surface area contributed by atoms with E-state index in [1.807, 2.05) is 31.0 Å². The standard InChI is InChI=1S/C17H27BrN4O2/c1-6-8-19-10-14(11-23-5)24-17-15(18)9-16(13(3)21-17)20-12-22(4)7-2/h6,9,12,14,19H,1,7-8,10-11H2,2-5H3/b20-12+. The smallest absolute Gasteiger partial charge is 0.228 e. The highest BCUT2D eigenvalue weighted by Crippen LogP contribution is 2.30. The summed E-state index contributed by atoms with van der Waals surface area (Å²) in [6.45, 7) is 10.4. The molecule has 1 aromatic rings. The van der Waals surface area contributed by atoms with Crippen molar-refractivity contribution in [2.75, 3.05) is 40.4 Å². The van der Waals surface area contributed by atoms with Gasteiger partial charge in [0, 0.05) is 33.8 Å². The van der Waals surface area contributed by atoms with E-state index in [1.165, 1.54) is 0 Å². The van der Waals surface area contributed by atoms with Gasteiger partial charge >= 0.3 is 0 Å². The Labute approximate surface area is 153 Å². The predicted octanol–water partition coefficient (Wildman–Crippen LogP) is 2.93. The van der Waals surface area contributed by atoms with Crippen LogP contribution >= 0.6 is 15.9 Å². The Bertz CT molecular complexity index is 552. The Morgan fingerprint density at radius 3 is 2.92 bits per heavy atom. The first-order valence-corrected chi connectivity index (χ1v) is 8.69. The highest BCUT2D eigenvalue weighted by molar-refractivity contribution is 9.10. The van der Waals surface area contributed by atoms with Crippen LogP contribution in [0, 0.1) is 6.92 Å². The van der Waals surface area contributed by atoms with Gasteiger partial charge in [-0.05, 0) is 35.8 Å². The molecule has 0 aliphatic carbocycles. The van der Waals surface area contributed by atoms with Gasteiger partial charge in [-0.3, -0.25) is 0 Å². The highest BCUT2D eigenvalue weighted by Gasteiger charge is 2.15. The van der Waals surface area contributed by atoms with E-state index in [4.69, 9.17) is 9.47 Å². The first-order valence-electron chi connectivity index (χ1n) is 7.90. The number of nitrogens with zero attached hydrogens (tertiary/aromatic N) is 3. The molecule has 0 radical (unpaired) electrons. The minimum atomic E-state index is -0.140. The van der Waals surface area contributed by atoms with Gasteiger partial charge in [-0.1, -0.05) is 6.08 Å². The second kappa shape index (κ2) is 11.2. The van der Waals surface area contributed by atoms with Crippen LogP contribution in [-0.4, -0.2) is 62.7 Å². The van der Waals surface area contributed by atoms with Gasteiger partial charge in [-0.15, -0.1) is 6.58 Å². The quantitative estimate of drug-likeness (QED) is 0.268. The summed E-state index contributed by atoms with van der Waals surface area (Å²) in [4.78, 5) is 11.0. The number of halogens is 1. The molecule has 1 atom stereocenters. The van der Waals surface area contributed by atoms with Gasteiger partial charge in [0.05, 0.1) is 28.8 Å². The van der Waals surface area contributed by atoms with Gasteiger partial charge in [0.15, 0.2) is 0 Å². The molecule has 7 heteroatoms. The van der Waals surface area contributed by atoms with E-state index in [-0.39, 0.29) is 6.10 Å². The second-order valence-electron chi connectivity index (χ2n) is 5.34. The molecule has 134 valence electrons. The van der Waals surface area contributed by atoms with Crippen molar-refractivity contribution in [2.45, 2.75) is 20.0 Å². The molecule has 1 rings (SSSR count). The summed E-state index contributed by atoms with van der Waals surface area (Å²) in [5.41, 5.74) is 1.62. The van der Waals surface area contributed by atoms with Crippen LogP contribution in [0.5, 0.6) is 5.88 Å². The maximum atomic E-state index is 5.97. The number of hydrogen-bond acceptors (Lipinski definition) is 5. The van der Waals surface area contributed by atoms with Gasteiger partial charge in [-0.25, -0.2) is 9.98 Å². The third kappa shape index (κ3) is 6.98. The first kappa shape index (κ1) is 20.6. The fourth-order valence-electron chi connectivity index (χ4n) is 1.83. The van der Waals surface area contributed by atoms with Gasteiger partial charge in [0.2, 0.25) is 5.88 Å². The van der Waals surface area contributed by atoms with Crippen LogP contribution in [0.4, 0.5) is 5.69 Å². The molecule has 6 nitrogen and oxygen atoms in total. The fourth-order valence-corrected chi connectivity index (χ4v) is 2.23. The van der Waals surface area contributed by atoms with E-state index < -0.39 is 0 Å². The third-order valence-electron chi connectivity index (χ3n) is 3.29. The number of hydrogen-bond donors (Lipinski definition) is 1. The molecule has 0 bridgehead atoms. The van der Waals surface area contributed by atoms with Crippen molar-refractivity contribution in [1.29, 1.82) is 0 Å². The van der Waals surface area contributed by atoms with Crippen molar-refractivity contribution >= 4 is 28.0 Å². The zero-order valence-electron chi connectivity index (χ0n) is 14.9. The largest absolute Gasteiger partial charge is 0.470 e. The van der Waals surface area contributed by atoms with Gasteiger partial charge < -0.3 is 19.7 Å². The van der Waals surface area contributed by atoms with Gasteiger partial charge in [0.25, 0.3) is 0 Å². The van der Waals surface area contributed by atoms with Gasteiger partial charge in [0.1, 0.15) is 6.10 Å². The number of ether oxygens (including phenoxy) is 2. The molecular weight excluding hydrogens is 372 g/mol. The number of methoxy groups -OCH3 is 1. The molecule has 1 N–H and O–H groups in total. The zero-order chi connectivity index (χ0) is 17.9. The lowest BCUT2D eigenvalue weighted by molar-refractivity contribution is 0.0775. The molecule has 1 unspecified atom stereocenters. The van der Waals surface area contributed by atoms with Crippen LogP contribution in [-0.2, 0) is 4.74 Å². The van der Waals surface area contributed by atoms with E-state index in [0.29, 0.717) is 19.0 Å². The lowest BCUT2D eigenvalue weighted by Crippen LogP contribution is -2.35. The minimum Gasteiger partial charge on any atom is -0.470 e. The summed E-state index contributed by atoms with van der Waals surface area (Å²) in [6, 6.07) is 1.92. The molecule has 1 aromatic heterocycles. The van der Waals surface area contributed by atoms with Crippen LogP contribution in [0.15, 0.2) is 28.2 Å². The van der Waals surface area contributed by atoms with E-state index in [2.05, 4.69) is 44.7 Å². The number of nitrogens with one attached hydrogen (secondary N) is 1. The average Bonchev–Trinajstić information content (AvgIpc) is 2.56. The van der Waals surface area contributed by atoms with Crippen molar-refractivity contribution in [3.05, 3.63) is 28.9 Å². The molecule has 0 aromatic carbocycles. The van der Waals surface area contributed by atoms with Crippen molar-refractivity contribution in [2.24, 2.45) is 4.99 Å². The molecule has 24 heavy (non-hydrogen) atoms. The normalized spacial score (nSPS) is 12.4. The van der Waals surface area contributed by atoms with Crippen LogP contribution in [0.1, 0.15) is 12.6 Å². The van der Waals surface area contributed by atoms with Crippen LogP contribution < -0.4 is 10.1 Å². The maximum absolute atomic E-state index is 5.97. The van der Waals surface area contributed by atoms with Crippen molar-refractivity contribution in [3.8, 4) is 5.88 Å². The monoisotopic (exact) mass is 398 g/mol. The minimum absolute atomic E-state index is 0.140. The number of aliphatic imine (C=N–C) groups is 1. The molecule has 0 amide bonds. The maximum Gasteiger partial charge on any atom is 0.228 e. The van der Waals surface area contributed by atoms with E-state index >= 15 is 0 Å². The molecule has 0 aliphatic rings. The molecule has 0 aliphatic heterocycles. The Hall–Kier alpha value is -1.44. The average molecular weight is 399 g/mol. The van der Waals surface area contributed by atoms with E-state index in [0.717, 1.165) is 28.9 Å². The SMILES string of the molecule is C=CCNCC(COC)Oc1nc(C)c(/N=C/N(C)CC)cc1Br. The third-order valence-corrected chi connectivity index (χ3v) is 3.86. The number of aromatic nitrogens is 1. The van der Waals surface area contributed by atoms with Crippen LogP contribution in [0.2, 0.25) is 0 Å². The Morgan fingerprint density at radius 2 is 2.29 bits per heavy atom. The molecule has 0 spiro atoms. The lowest BCUT2D eigenvalue weighted by atomic mass is 10.3. The first-order chi connectivity index (χ1) is 11.5. The van der Waals surface area contributed by atoms with Crippen LogP contribution in [0.25, 0.3) is 0 Å². The summed E-state index contributed by atoms with van der Waals surface area (Å²) < 4.78 is 12.0. The molecular formula is C17H27BrN4O2. The zero-order valence-corrected chi connectivity index (χ0v) is 16.5. The molecule has 0 saturated carbocycles. The summed E-state index contributed by atoms with van der Waals surface area (Å²) in [7, 11) is 3.63. The lowest BCUT2D eigenvalue weighted by Gasteiger charge is -2.19. The number of rotatable bonds is 11. The summed E-state index contributed by atoms with van der Waals surface area (Å²) in [5.74, 6) is 0.540. The molecule has 0 saturated heterocycles. The van der Waals surface area contributed by atoms with Crippen molar-refractivity contribution in [1.82, 2.24) is 15.2 Å². The highest BCUT2D eigenvalue weighted by atomic mass is 79.9. The molecule has 0 fully saturated rings. The molecule has 1 heterocycles. The second-order valence-corrected chi connectivity index (χ2v) is 6.19. The number of aryl methyl sites for hydroxylation is 1. The van der Waals surface area contributed by atoms with E-state index in [9.17, 15) is 0 Å². The van der Waals surface area contributed by atoms with Gasteiger partial charge in [-0.2, -0.15) is 0 Å². The van der Waals surface area contributed by atoms with Crippen molar-refractivity contribution in [3.63, 3.8) is 0 Å². The predicted molar refractivity (Wildman–Crippen MR) is 102 cm³/mol. The van der Waals surface area contributed by atoms with Crippen molar-refractivity contribution < 1.29 is 9.47 Å². The summed E-state index contributed by atoms with van der Waals surface area (Å²) in [5, 5.41) is 3.23. The topological polar surface area (TPSA) is 59.0 Å². The summed E-state index contributed by atoms with van der Waals surface area (Å²) >= 11 is 3.51.